The van der Waals surface area contributed by atoms with Gasteiger partial charge in [0.05, 0.1) is 22.3 Å². The van der Waals surface area contributed by atoms with E-state index in [2.05, 4.69) is 10.6 Å². The normalized spacial score (nSPS) is 10.2. The van der Waals surface area contributed by atoms with E-state index in [1.54, 1.807) is 0 Å². The smallest absolute Gasteiger partial charge is 0.336 e. The number of carbonyl (C=O) groups is 4. The predicted octanol–water partition coefficient (Wildman–Crippen LogP) is 3.00. The van der Waals surface area contributed by atoms with Gasteiger partial charge < -0.3 is 31.1 Å². The molecule has 0 spiro atoms. The maximum atomic E-state index is 12.7. The van der Waals surface area contributed by atoms with Crippen LogP contribution in [0.3, 0.4) is 0 Å². The number of rotatable bonds is 6. The number of nitrogens with one attached hydrogen (secondary N) is 2. The lowest BCUT2D eigenvalue weighted by molar-refractivity contribution is 0.0677. The number of phenolic OH excluding ortho intramolecular Hbond substituents is 2. The van der Waals surface area contributed by atoms with Crippen LogP contribution in [-0.2, 0) is 0 Å². The Morgan fingerprint density at radius 3 is 1.25 bits per heavy atom. The van der Waals surface area contributed by atoms with Crippen molar-refractivity contribution in [2.45, 2.75) is 0 Å². The van der Waals surface area contributed by atoms with Crippen LogP contribution in [0.15, 0.2) is 60.7 Å². The third-order valence-electron chi connectivity index (χ3n) is 4.32. The third kappa shape index (κ3) is 4.82. The van der Waals surface area contributed by atoms with Gasteiger partial charge in [-0.15, -0.1) is 0 Å². The van der Waals surface area contributed by atoms with Crippen LogP contribution in [-0.4, -0.2) is 44.2 Å². The van der Waals surface area contributed by atoms with Crippen molar-refractivity contribution in [2.24, 2.45) is 0 Å². The fraction of sp³-hybridized carbons (Fsp3) is 0. The van der Waals surface area contributed by atoms with Gasteiger partial charge in [0.25, 0.3) is 11.8 Å². The number of aromatic carboxylic acids is 2. The number of anilines is 2. The van der Waals surface area contributed by atoms with Crippen LogP contribution in [0.1, 0.15) is 41.4 Å². The summed E-state index contributed by atoms with van der Waals surface area (Å²) in [5.41, 5.74) is -1.90. The first kappa shape index (κ1) is 21.8. The number of hydrogen-bond acceptors (Lipinski definition) is 6. The van der Waals surface area contributed by atoms with E-state index < -0.39 is 46.0 Å². The minimum absolute atomic E-state index is 0.147. The highest BCUT2D eigenvalue weighted by Crippen LogP contribution is 2.23. The van der Waals surface area contributed by atoms with E-state index in [-0.39, 0.29) is 22.9 Å². The zero-order valence-electron chi connectivity index (χ0n) is 16.2. The first-order chi connectivity index (χ1) is 15.2. The molecule has 0 bridgehead atoms. The second-order valence-electron chi connectivity index (χ2n) is 6.56. The van der Waals surface area contributed by atoms with E-state index >= 15 is 0 Å². The minimum atomic E-state index is -1.56. The number of carboxylic acid groups (broad SMARTS) is 2. The molecule has 32 heavy (non-hydrogen) atoms. The van der Waals surface area contributed by atoms with Gasteiger partial charge in [0.15, 0.2) is 0 Å². The third-order valence-corrected chi connectivity index (χ3v) is 4.32. The highest BCUT2D eigenvalue weighted by atomic mass is 16.4. The van der Waals surface area contributed by atoms with Crippen molar-refractivity contribution in [3.63, 3.8) is 0 Å². The second kappa shape index (κ2) is 8.88. The van der Waals surface area contributed by atoms with Gasteiger partial charge in [-0.3, -0.25) is 9.59 Å². The van der Waals surface area contributed by atoms with Gasteiger partial charge >= 0.3 is 11.9 Å². The molecule has 0 heterocycles. The lowest BCUT2D eigenvalue weighted by Crippen LogP contribution is -2.22. The van der Waals surface area contributed by atoms with Gasteiger partial charge in [0.1, 0.15) is 11.5 Å². The van der Waals surface area contributed by atoms with Gasteiger partial charge in [-0.2, -0.15) is 0 Å². The molecule has 0 fully saturated rings. The second-order valence-corrected chi connectivity index (χ2v) is 6.56. The summed E-state index contributed by atoms with van der Waals surface area (Å²) in [6.07, 6.45) is 0. The van der Waals surface area contributed by atoms with E-state index in [0.717, 1.165) is 12.1 Å². The van der Waals surface area contributed by atoms with Gasteiger partial charge in [0.2, 0.25) is 0 Å². The Labute approximate surface area is 180 Å². The van der Waals surface area contributed by atoms with Crippen molar-refractivity contribution in [3.05, 3.63) is 82.9 Å². The van der Waals surface area contributed by atoms with Crippen LogP contribution in [0.2, 0.25) is 0 Å². The number of aromatic hydroxyl groups is 2. The average Bonchev–Trinajstić information content (AvgIpc) is 2.72. The zero-order valence-corrected chi connectivity index (χ0v) is 16.2. The van der Waals surface area contributed by atoms with Crippen molar-refractivity contribution in [3.8, 4) is 11.5 Å². The summed E-state index contributed by atoms with van der Waals surface area (Å²) in [7, 11) is 0. The number of carbonyl (C=O) groups excluding carboxylic acids is 2. The van der Waals surface area contributed by atoms with E-state index in [1.165, 1.54) is 48.5 Å². The van der Waals surface area contributed by atoms with E-state index in [0.29, 0.717) is 0 Å². The lowest BCUT2D eigenvalue weighted by atomic mass is 9.96. The maximum absolute atomic E-state index is 12.7. The molecule has 0 aliphatic rings. The number of amides is 2. The number of hydrogen-bond donors (Lipinski definition) is 6. The van der Waals surface area contributed by atoms with E-state index in [1.807, 2.05) is 0 Å². The fourth-order valence-electron chi connectivity index (χ4n) is 2.89. The van der Waals surface area contributed by atoms with Crippen LogP contribution in [0, 0.1) is 0 Å². The summed E-state index contributed by atoms with van der Waals surface area (Å²) >= 11 is 0. The van der Waals surface area contributed by atoms with Crippen LogP contribution >= 0.6 is 0 Å². The quantitative estimate of drug-likeness (QED) is 0.342. The van der Waals surface area contributed by atoms with Crippen molar-refractivity contribution >= 4 is 35.1 Å². The Hall–Kier alpha value is -4.86. The van der Waals surface area contributed by atoms with Crippen molar-refractivity contribution < 1.29 is 39.6 Å². The Bertz CT molecular complexity index is 1160. The molecule has 0 saturated carbocycles. The molecule has 3 aromatic rings. The molecule has 0 saturated heterocycles. The predicted molar refractivity (Wildman–Crippen MR) is 112 cm³/mol. The average molecular weight is 436 g/mol. The molecule has 162 valence electrons. The highest BCUT2D eigenvalue weighted by molar-refractivity contribution is 6.16. The Kier molecular flexibility index (Phi) is 6.06. The zero-order chi connectivity index (χ0) is 23.4. The molecule has 3 aromatic carbocycles. The molecule has 0 aromatic heterocycles. The Balaban J connectivity index is 2.03. The molecule has 2 amide bonds. The molecule has 0 aliphatic heterocycles. The minimum Gasteiger partial charge on any atom is -0.508 e. The molecular weight excluding hydrogens is 420 g/mol. The first-order valence-electron chi connectivity index (χ1n) is 9.01. The van der Waals surface area contributed by atoms with E-state index in [9.17, 15) is 39.6 Å². The van der Waals surface area contributed by atoms with Crippen molar-refractivity contribution in [1.82, 2.24) is 0 Å². The SMILES string of the molecule is O=C(O)c1cc(C(=O)Nc2cccc(O)c2)c(C(=O)O)cc1C(=O)Nc1cccc(O)c1. The summed E-state index contributed by atoms with van der Waals surface area (Å²) in [5, 5.41) is 42.9. The molecule has 6 N–H and O–H groups in total. The summed E-state index contributed by atoms with van der Waals surface area (Å²) in [6, 6.07) is 12.5. The summed E-state index contributed by atoms with van der Waals surface area (Å²) in [5.74, 6) is -5.31. The molecule has 0 aliphatic carbocycles. The molecule has 0 atom stereocenters. The van der Waals surface area contributed by atoms with E-state index in [4.69, 9.17) is 0 Å². The van der Waals surface area contributed by atoms with Crippen molar-refractivity contribution in [1.29, 1.82) is 0 Å². The molecule has 10 nitrogen and oxygen atoms in total. The molecular formula is C22H16N2O8. The maximum Gasteiger partial charge on any atom is 0.336 e. The number of phenols is 2. The van der Waals surface area contributed by atoms with Crippen molar-refractivity contribution in [2.75, 3.05) is 10.6 Å². The Morgan fingerprint density at radius 2 is 0.938 bits per heavy atom. The standard InChI is InChI=1S/C22H16N2O8/c25-13-5-1-3-11(7-13)23-19(27)15-9-18(22(31)32)16(10-17(15)21(29)30)20(28)24-12-4-2-6-14(26)8-12/h1-10,25-26H,(H,23,27)(H,24,28)(H,29,30)(H,31,32). The monoisotopic (exact) mass is 436 g/mol. The van der Waals surface area contributed by atoms with Crippen LogP contribution < -0.4 is 10.6 Å². The van der Waals surface area contributed by atoms with Crippen LogP contribution in [0.25, 0.3) is 0 Å². The lowest BCUT2D eigenvalue weighted by Gasteiger charge is -2.13. The van der Waals surface area contributed by atoms with Gasteiger partial charge in [-0.25, -0.2) is 9.59 Å². The molecule has 0 radical (unpaired) electrons. The largest absolute Gasteiger partial charge is 0.508 e. The van der Waals surface area contributed by atoms with Crippen LogP contribution in [0.5, 0.6) is 11.5 Å². The van der Waals surface area contributed by atoms with Gasteiger partial charge in [-0.1, -0.05) is 12.1 Å². The number of carboxylic acids is 2. The van der Waals surface area contributed by atoms with Crippen LogP contribution in [0.4, 0.5) is 11.4 Å². The first-order valence-corrected chi connectivity index (χ1v) is 9.01. The van der Waals surface area contributed by atoms with Gasteiger partial charge in [-0.05, 0) is 36.4 Å². The number of benzene rings is 3. The topological polar surface area (TPSA) is 173 Å². The summed E-state index contributed by atoms with van der Waals surface area (Å²) < 4.78 is 0. The summed E-state index contributed by atoms with van der Waals surface area (Å²) in [6.45, 7) is 0. The van der Waals surface area contributed by atoms with Gasteiger partial charge in [0, 0.05) is 23.5 Å². The molecule has 3 rings (SSSR count). The fourth-order valence-corrected chi connectivity index (χ4v) is 2.89. The highest BCUT2D eigenvalue weighted by Gasteiger charge is 2.26. The molecule has 0 unspecified atom stereocenters. The summed E-state index contributed by atoms with van der Waals surface area (Å²) in [4.78, 5) is 48.8. The Morgan fingerprint density at radius 1 is 0.562 bits per heavy atom. The molecule has 10 heteroatoms.